The third-order valence-corrected chi connectivity index (χ3v) is 2.16. The van der Waals surface area contributed by atoms with E-state index in [0.717, 1.165) is 7.11 Å². The Morgan fingerprint density at radius 3 is 2.59 bits per heavy atom. The summed E-state index contributed by atoms with van der Waals surface area (Å²) in [5, 5.41) is 13.4. The fourth-order valence-electron chi connectivity index (χ4n) is 1.03. The van der Waals surface area contributed by atoms with E-state index in [1.54, 1.807) is 12.1 Å². The van der Waals surface area contributed by atoms with Crippen LogP contribution in [0.4, 0.5) is 0 Å². The number of hydrogen-bond acceptors (Lipinski definition) is 5. The van der Waals surface area contributed by atoms with E-state index in [9.17, 15) is 9.59 Å². The van der Waals surface area contributed by atoms with Gasteiger partial charge in [0.1, 0.15) is 0 Å². The molecule has 0 spiro atoms. The molecule has 0 heterocycles. The molecule has 0 bridgehead atoms. The number of esters is 1. The van der Waals surface area contributed by atoms with Gasteiger partial charge in [0.15, 0.2) is 0 Å². The molecule has 0 saturated carbocycles. The van der Waals surface area contributed by atoms with Gasteiger partial charge in [-0.1, -0.05) is 28.9 Å². The largest absolute Gasteiger partial charge is 0.463 e. The van der Waals surface area contributed by atoms with Crippen LogP contribution < -0.4 is 5.32 Å². The molecule has 0 fully saturated rings. The number of amidine groups is 1. The van der Waals surface area contributed by atoms with Crippen LogP contribution in [0.3, 0.4) is 0 Å². The number of methoxy groups -OCH3 is 1. The molecule has 0 aliphatic carbocycles. The van der Waals surface area contributed by atoms with E-state index in [2.05, 4.69) is 15.2 Å². The van der Waals surface area contributed by atoms with Crippen LogP contribution in [0.25, 0.3) is 0 Å². The molecule has 0 aliphatic heterocycles. The molecule has 1 aromatic rings. The predicted octanol–water partition coefficient (Wildman–Crippen LogP) is 1.03. The molecular formula is C10H9ClN2O4. The fourth-order valence-corrected chi connectivity index (χ4v) is 1.26. The summed E-state index contributed by atoms with van der Waals surface area (Å²) in [6.45, 7) is 0. The van der Waals surface area contributed by atoms with Gasteiger partial charge in [-0.05, 0) is 12.1 Å². The van der Waals surface area contributed by atoms with Gasteiger partial charge in [-0.2, -0.15) is 0 Å². The summed E-state index contributed by atoms with van der Waals surface area (Å²) >= 11 is 5.78. The molecule has 0 radical (unpaired) electrons. The second-order valence-corrected chi connectivity index (χ2v) is 3.28. The van der Waals surface area contributed by atoms with Crippen LogP contribution in [0.2, 0.25) is 5.02 Å². The van der Waals surface area contributed by atoms with Gasteiger partial charge in [-0.15, -0.1) is 0 Å². The number of carbonyl (C=O) groups excluding carboxylic acids is 2. The Balaban J connectivity index is 2.86. The lowest BCUT2D eigenvalue weighted by Crippen LogP contribution is -2.37. The maximum atomic E-state index is 11.7. The van der Waals surface area contributed by atoms with Crippen molar-refractivity contribution < 1.29 is 19.5 Å². The highest BCUT2D eigenvalue weighted by Crippen LogP contribution is 2.14. The summed E-state index contributed by atoms with van der Waals surface area (Å²) in [6, 6.07) is 6.24. The smallest absolute Gasteiger partial charge is 0.377 e. The van der Waals surface area contributed by atoms with Gasteiger partial charge in [-0.3, -0.25) is 10.1 Å². The zero-order valence-corrected chi connectivity index (χ0v) is 9.56. The number of nitrogens with zero attached hydrogens (tertiary/aromatic N) is 1. The van der Waals surface area contributed by atoms with Gasteiger partial charge in [0.2, 0.25) is 0 Å². The van der Waals surface area contributed by atoms with Crippen LogP contribution in [-0.2, 0) is 9.53 Å². The standard InChI is InChI=1S/C10H9ClN2O4/c1-17-10(15)8(13-16)12-9(14)6-4-2-3-5-7(6)11/h2-5,16H,1H3,(H,12,13,14). The molecule has 17 heavy (non-hydrogen) atoms. The van der Waals surface area contributed by atoms with Gasteiger partial charge in [0.05, 0.1) is 17.7 Å². The van der Waals surface area contributed by atoms with E-state index in [-0.39, 0.29) is 10.6 Å². The number of benzene rings is 1. The number of rotatable bonds is 1. The van der Waals surface area contributed by atoms with E-state index in [4.69, 9.17) is 16.8 Å². The van der Waals surface area contributed by atoms with Gasteiger partial charge < -0.3 is 9.94 Å². The minimum Gasteiger partial charge on any atom is -0.463 e. The number of nitrogens with one attached hydrogen (secondary N) is 1. The van der Waals surface area contributed by atoms with Gasteiger partial charge in [0, 0.05) is 0 Å². The first-order valence-corrected chi connectivity index (χ1v) is 4.84. The van der Waals surface area contributed by atoms with E-state index in [0.29, 0.717) is 0 Å². The molecule has 1 aromatic carbocycles. The van der Waals surface area contributed by atoms with Gasteiger partial charge in [-0.25, -0.2) is 4.79 Å². The lowest BCUT2D eigenvalue weighted by molar-refractivity contribution is -0.133. The number of ether oxygens (including phenoxy) is 1. The van der Waals surface area contributed by atoms with E-state index in [1.807, 2.05) is 0 Å². The molecule has 0 atom stereocenters. The molecule has 90 valence electrons. The second-order valence-electron chi connectivity index (χ2n) is 2.87. The first-order valence-electron chi connectivity index (χ1n) is 4.46. The summed E-state index contributed by atoms with van der Waals surface area (Å²) < 4.78 is 4.29. The molecule has 0 aliphatic rings. The average Bonchev–Trinajstić information content (AvgIpc) is 2.35. The molecule has 1 amide bonds. The van der Waals surface area contributed by atoms with Crippen LogP contribution in [-0.4, -0.2) is 30.0 Å². The topological polar surface area (TPSA) is 88.0 Å². The second kappa shape index (κ2) is 5.86. The minimum atomic E-state index is -0.965. The Labute approximate surface area is 102 Å². The Morgan fingerprint density at radius 2 is 2.06 bits per heavy atom. The fraction of sp³-hybridized carbons (Fsp3) is 0.100. The third-order valence-electron chi connectivity index (χ3n) is 1.83. The van der Waals surface area contributed by atoms with Crippen molar-refractivity contribution in [3.63, 3.8) is 0 Å². The van der Waals surface area contributed by atoms with Crippen molar-refractivity contribution in [3.8, 4) is 0 Å². The maximum absolute atomic E-state index is 11.7. The van der Waals surface area contributed by atoms with Crippen molar-refractivity contribution in [1.29, 1.82) is 0 Å². The van der Waals surface area contributed by atoms with Crippen LogP contribution >= 0.6 is 11.6 Å². The van der Waals surface area contributed by atoms with Crippen molar-refractivity contribution in [3.05, 3.63) is 34.9 Å². The summed E-state index contributed by atoms with van der Waals surface area (Å²) in [7, 11) is 1.09. The molecule has 6 nitrogen and oxygen atoms in total. The number of carbonyl (C=O) groups is 2. The number of halogens is 1. The molecule has 2 N–H and O–H groups in total. The Bertz CT molecular complexity index is 473. The monoisotopic (exact) mass is 256 g/mol. The van der Waals surface area contributed by atoms with Gasteiger partial charge in [0.25, 0.3) is 11.7 Å². The molecular weight excluding hydrogens is 248 g/mol. The molecule has 0 saturated heterocycles. The van der Waals surface area contributed by atoms with Crippen molar-refractivity contribution in [2.75, 3.05) is 7.11 Å². The third kappa shape index (κ3) is 3.18. The molecule has 0 unspecified atom stereocenters. The number of hydrogen-bond donors (Lipinski definition) is 2. The minimum absolute atomic E-state index is 0.152. The lowest BCUT2D eigenvalue weighted by Gasteiger charge is -2.06. The normalized spacial score (nSPS) is 10.8. The summed E-state index contributed by atoms with van der Waals surface area (Å²) in [6.07, 6.45) is 0. The van der Waals surface area contributed by atoms with Crippen LogP contribution in [0, 0.1) is 0 Å². The lowest BCUT2D eigenvalue weighted by atomic mass is 10.2. The average molecular weight is 257 g/mol. The quantitative estimate of drug-likeness (QED) is 0.258. The maximum Gasteiger partial charge on any atom is 0.377 e. The Morgan fingerprint density at radius 1 is 1.41 bits per heavy atom. The summed E-state index contributed by atoms with van der Waals surface area (Å²) in [5.74, 6) is -2.25. The zero-order chi connectivity index (χ0) is 12.8. The molecule has 0 aromatic heterocycles. The Kier molecular flexibility index (Phi) is 4.47. The van der Waals surface area contributed by atoms with Gasteiger partial charge >= 0.3 is 5.97 Å². The van der Waals surface area contributed by atoms with Crippen molar-refractivity contribution >= 4 is 29.3 Å². The summed E-state index contributed by atoms with van der Waals surface area (Å²) in [5.41, 5.74) is 0.152. The van der Waals surface area contributed by atoms with Crippen LogP contribution in [0.1, 0.15) is 10.4 Å². The van der Waals surface area contributed by atoms with E-state index >= 15 is 0 Å². The summed E-state index contributed by atoms with van der Waals surface area (Å²) in [4.78, 5) is 22.7. The van der Waals surface area contributed by atoms with Crippen LogP contribution in [0.15, 0.2) is 29.4 Å². The van der Waals surface area contributed by atoms with Crippen molar-refractivity contribution in [1.82, 2.24) is 5.32 Å². The van der Waals surface area contributed by atoms with Crippen molar-refractivity contribution in [2.24, 2.45) is 5.16 Å². The first kappa shape index (κ1) is 13.0. The highest BCUT2D eigenvalue weighted by atomic mass is 35.5. The SMILES string of the molecule is COC(=O)/C(=N/O)NC(=O)c1ccccc1Cl. The number of amides is 1. The zero-order valence-electron chi connectivity index (χ0n) is 8.81. The van der Waals surface area contributed by atoms with E-state index < -0.39 is 17.7 Å². The predicted molar refractivity (Wildman–Crippen MR) is 60.2 cm³/mol. The highest BCUT2D eigenvalue weighted by Gasteiger charge is 2.18. The van der Waals surface area contributed by atoms with Crippen LogP contribution in [0.5, 0.6) is 0 Å². The van der Waals surface area contributed by atoms with E-state index in [1.165, 1.54) is 12.1 Å². The van der Waals surface area contributed by atoms with Crippen molar-refractivity contribution in [2.45, 2.75) is 0 Å². The molecule has 7 heteroatoms. The Hall–Kier alpha value is -2.08. The highest BCUT2D eigenvalue weighted by molar-refractivity contribution is 6.40. The molecule has 1 rings (SSSR count). The first-order chi connectivity index (χ1) is 8.10. The number of oxime groups is 1.